The van der Waals surface area contributed by atoms with E-state index in [9.17, 15) is 0 Å². The van der Waals surface area contributed by atoms with Crippen LogP contribution >= 0.6 is 0 Å². The Bertz CT molecular complexity index is 2680. The third-order valence-corrected chi connectivity index (χ3v) is 11.1. The average Bonchev–Trinajstić information content (AvgIpc) is 3.20. The largest absolute Gasteiger partial charge is 0.453 e. The maximum Gasteiger partial charge on any atom is 0.152 e. The van der Waals surface area contributed by atoms with Crippen LogP contribution < -0.4 is 14.5 Å². The minimum Gasteiger partial charge on any atom is -0.453 e. The van der Waals surface area contributed by atoms with Crippen molar-refractivity contribution in [3.63, 3.8) is 0 Å². The van der Waals surface area contributed by atoms with Gasteiger partial charge < -0.3 is 14.5 Å². The van der Waals surface area contributed by atoms with Crippen molar-refractivity contribution in [3.05, 3.63) is 193 Å². The van der Waals surface area contributed by atoms with Gasteiger partial charge >= 0.3 is 0 Å². The summed E-state index contributed by atoms with van der Waals surface area (Å²) in [7, 11) is 0. The van der Waals surface area contributed by atoms with Gasteiger partial charge in [0, 0.05) is 22.4 Å². The summed E-state index contributed by atoms with van der Waals surface area (Å²) in [6.07, 6.45) is 0. The van der Waals surface area contributed by atoms with E-state index in [0.29, 0.717) is 0 Å². The summed E-state index contributed by atoms with van der Waals surface area (Å²) in [4.78, 5) is 4.92. The zero-order valence-corrected chi connectivity index (χ0v) is 30.0. The van der Waals surface area contributed by atoms with Gasteiger partial charge in [-0.05, 0) is 99.6 Å². The fraction of sp³-hybridized carbons (Fsp3) is 0.0800. The maximum atomic E-state index is 6.84. The molecule has 0 bridgehead atoms. The summed E-state index contributed by atoms with van der Waals surface area (Å²) >= 11 is 0. The molecular formula is C50H38N2O. The predicted octanol–water partition coefficient (Wildman–Crippen LogP) is 14.2. The van der Waals surface area contributed by atoms with Crippen LogP contribution in [0, 0.1) is 6.92 Å². The minimum atomic E-state index is -0.429. The van der Waals surface area contributed by atoms with Crippen molar-refractivity contribution in [3.8, 4) is 33.8 Å². The molecule has 0 aromatic heterocycles. The van der Waals surface area contributed by atoms with Crippen LogP contribution in [-0.2, 0) is 5.41 Å². The highest BCUT2D eigenvalue weighted by Crippen LogP contribution is 2.64. The van der Waals surface area contributed by atoms with E-state index in [0.717, 1.165) is 39.9 Å². The van der Waals surface area contributed by atoms with E-state index in [1.165, 1.54) is 55.4 Å². The van der Waals surface area contributed by atoms with E-state index < -0.39 is 5.41 Å². The molecule has 3 nitrogen and oxygen atoms in total. The predicted molar refractivity (Wildman–Crippen MR) is 221 cm³/mol. The second-order valence-electron chi connectivity index (χ2n) is 14.6. The lowest BCUT2D eigenvalue weighted by Crippen LogP contribution is -2.35. The Balaban J connectivity index is 1.27. The lowest BCUT2D eigenvalue weighted by molar-refractivity contribution is 0.471. The summed E-state index contributed by atoms with van der Waals surface area (Å²) in [5, 5.41) is 2.42. The lowest BCUT2D eigenvalue weighted by atomic mass is 9.69. The molecular weight excluding hydrogens is 645 g/mol. The van der Waals surface area contributed by atoms with E-state index in [4.69, 9.17) is 4.74 Å². The molecule has 0 atom stereocenters. The normalized spacial score (nSPS) is 13.5. The van der Waals surface area contributed by atoms with Gasteiger partial charge in [-0.1, -0.05) is 141 Å². The van der Waals surface area contributed by atoms with Crippen molar-refractivity contribution in [1.29, 1.82) is 0 Å². The Kier molecular flexibility index (Phi) is 7.06. The second-order valence-corrected chi connectivity index (χ2v) is 14.6. The van der Waals surface area contributed by atoms with Crippen LogP contribution in [0.15, 0.2) is 176 Å². The summed E-state index contributed by atoms with van der Waals surface area (Å²) in [6.45, 7) is 6.96. The molecule has 0 spiro atoms. The zero-order valence-electron chi connectivity index (χ0n) is 30.0. The maximum absolute atomic E-state index is 6.84. The minimum absolute atomic E-state index is 0.429. The molecule has 2 aliphatic heterocycles. The zero-order chi connectivity index (χ0) is 35.7. The third-order valence-electron chi connectivity index (χ3n) is 11.1. The first-order valence-corrected chi connectivity index (χ1v) is 18.4. The molecule has 0 saturated carbocycles. The van der Waals surface area contributed by atoms with Crippen molar-refractivity contribution in [1.82, 2.24) is 0 Å². The van der Waals surface area contributed by atoms with Gasteiger partial charge in [-0.2, -0.15) is 0 Å². The molecule has 10 rings (SSSR count). The van der Waals surface area contributed by atoms with Crippen molar-refractivity contribution in [2.24, 2.45) is 0 Å². The van der Waals surface area contributed by atoms with E-state index in [-0.39, 0.29) is 0 Å². The number of fused-ring (bicyclic) bond motifs is 5. The number of ether oxygens (including phenoxy) is 1. The van der Waals surface area contributed by atoms with Crippen LogP contribution in [-0.4, -0.2) is 0 Å². The second kappa shape index (κ2) is 12.0. The Morgan fingerprint density at radius 2 is 1.13 bits per heavy atom. The topological polar surface area (TPSA) is 15.7 Å². The molecule has 0 fully saturated rings. The molecule has 0 radical (unpaired) electrons. The number of anilines is 6. The monoisotopic (exact) mass is 682 g/mol. The number of hydrogen-bond acceptors (Lipinski definition) is 3. The molecule has 0 aliphatic carbocycles. The number of aryl methyl sites for hydroxylation is 1. The van der Waals surface area contributed by atoms with E-state index in [1.807, 2.05) is 0 Å². The van der Waals surface area contributed by atoms with Crippen LogP contribution in [0.1, 0.15) is 30.5 Å². The summed E-state index contributed by atoms with van der Waals surface area (Å²) in [5.74, 6) is 1.73. The average molecular weight is 683 g/mol. The first kappa shape index (κ1) is 31.2. The molecule has 0 saturated heterocycles. The fourth-order valence-electron chi connectivity index (χ4n) is 8.68. The molecule has 8 aromatic rings. The van der Waals surface area contributed by atoms with Crippen LogP contribution in [0.2, 0.25) is 0 Å². The number of para-hydroxylation sites is 1. The van der Waals surface area contributed by atoms with Crippen molar-refractivity contribution in [2.75, 3.05) is 9.80 Å². The first-order valence-electron chi connectivity index (χ1n) is 18.4. The molecule has 0 amide bonds. The first-order chi connectivity index (χ1) is 26.0. The highest BCUT2D eigenvalue weighted by molar-refractivity contribution is 6.01. The third kappa shape index (κ3) is 4.88. The molecule has 254 valence electrons. The SMILES string of the molecule is Cc1cccc2c1N1c3cccc(-c4ccccc4)c3C(C)(C)c3c(N(c4ccc(-c5ccccc5)cc4)c4ccc5ccccc5c4)ccc(c31)O2. The van der Waals surface area contributed by atoms with Crippen LogP contribution in [0.25, 0.3) is 33.0 Å². The van der Waals surface area contributed by atoms with Crippen molar-refractivity contribution in [2.45, 2.75) is 26.2 Å². The molecule has 0 N–H and O–H groups in total. The Hall–Kier alpha value is -6.58. The van der Waals surface area contributed by atoms with Gasteiger partial charge in [0.1, 0.15) is 0 Å². The van der Waals surface area contributed by atoms with Crippen molar-refractivity contribution < 1.29 is 4.74 Å². The number of benzene rings is 8. The van der Waals surface area contributed by atoms with Crippen LogP contribution in [0.3, 0.4) is 0 Å². The van der Waals surface area contributed by atoms with E-state index >= 15 is 0 Å². The van der Waals surface area contributed by atoms with Crippen LogP contribution in [0.5, 0.6) is 11.5 Å². The van der Waals surface area contributed by atoms with Gasteiger partial charge in [0.05, 0.1) is 22.7 Å². The summed E-state index contributed by atoms with van der Waals surface area (Å²) in [6, 6.07) is 63.4. The van der Waals surface area contributed by atoms with E-state index in [1.54, 1.807) is 0 Å². The van der Waals surface area contributed by atoms with Gasteiger partial charge in [0.15, 0.2) is 11.5 Å². The highest BCUT2D eigenvalue weighted by atomic mass is 16.5. The molecule has 0 unspecified atom stereocenters. The number of nitrogens with zero attached hydrogens (tertiary/aromatic N) is 2. The molecule has 2 aliphatic rings. The van der Waals surface area contributed by atoms with Crippen LogP contribution in [0.4, 0.5) is 34.1 Å². The Labute approximate surface area is 311 Å². The Morgan fingerprint density at radius 1 is 0.491 bits per heavy atom. The highest BCUT2D eigenvalue weighted by Gasteiger charge is 2.45. The van der Waals surface area contributed by atoms with Crippen molar-refractivity contribution >= 4 is 44.9 Å². The van der Waals surface area contributed by atoms with Gasteiger partial charge in [-0.25, -0.2) is 0 Å². The van der Waals surface area contributed by atoms with Gasteiger partial charge in [-0.3, -0.25) is 0 Å². The van der Waals surface area contributed by atoms with Gasteiger partial charge in [0.25, 0.3) is 0 Å². The van der Waals surface area contributed by atoms with E-state index in [2.05, 4.69) is 206 Å². The molecule has 53 heavy (non-hydrogen) atoms. The summed E-state index contributed by atoms with van der Waals surface area (Å²) < 4.78 is 6.84. The van der Waals surface area contributed by atoms with Gasteiger partial charge in [-0.15, -0.1) is 0 Å². The quantitative estimate of drug-likeness (QED) is 0.180. The smallest absolute Gasteiger partial charge is 0.152 e. The van der Waals surface area contributed by atoms with Gasteiger partial charge in [0.2, 0.25) is 0 Å². The summed E-state index contributed by atoms with van der Waals surface area (Å²) in [5.41, 5.74) is 14.8. The number of rotatable bonds is 5. The fourth-order valence-corrected chi connectivity index (χ4v) is 8.68. The number of hydrogen-bond donors (Lipinski definition) is 0. The molecule has 8 aromatic carbocycles. The Morgan fingerprint density at radius 3 is 1.91 bits per heavy atom. The molecule has 3 heteroatoms. The lowest BCUT2D eigenvalue weighted by Gasteiger charge is -2.48. The standard InChI is InChI=1S/C50H38N2O/c1-33-14-12-23-44-48(33)52-42-22-13-21-41(37-18-8-5-9-19-37)46(42)50(2,3)47-43(30-31-45(53-44)49(47)52)51(40-29-26-35-17-10-11-20-38(35)32-40)39-27-24-36(25-28-39)34-15-6-4-7-16-34/h4-32H,1-3H3. The molecule has 2 heterocycles.